The molecule has 0 aliphatic carbocycles. The molecule has 1 aromatic heterocycles. The number of para-hydroxylation sites is 1. The average Bonchev–Trinajstić information content (AvgIpc) is 3.39. The van der Waals surface area contributed by atoms with Crippen LogP contribution in [0.2, 0.25) is 0 Å². The number of methoxy groups -OCH3 is 1. The monoisotopic (exact) mass is 341 g/mol. The quantitative estimate of drug-likeness (QED) is 0.804. The number of hydrogen-bond acceptors (Lipinski definition) is 5. The normalized spacial score (nSPS) is 25.0. The molecule has 2 aromatic rings. The van der Waals surface area contributed by atoms with E-state index < -0.39 is 0 Å². The van der Waals surface area contributed by atoms with Gasteiger partial charge >= 0.3 is 0 Å². The van der Waals surface area contributed by atoms with Gasteiger partial charge in [-0.1, -0.05) is 18.2 Å². The molecule has 0 amide bonds. The van der Waals surface area contributed by atoms with Crippen molar-refractivity contribution in [2.45, 2.75) is 38.0 Å². The summed E-state index contributed by atoms with van der Waals surface area (Å²) in [4.78, 5) is 9.62. The molecule has 25 heavy (non-hydrogen) atoms. The molecule has 0 saturated carbocycles. The zero-order valence-electron chi connectivity index (χ0n) is 14.9. The lowest BCUT2D eigenvalue weighted by Gasteiger charge is -2.27. The van der Waals surface area contributed by atoms with E-state index in [2.05, 4.69) is 19.9 Å². The molecule has 0 N–H and O–H groups in total. The topological polar surface area (TPSA) is 46.4 Å². The SMILES string of the molecule is CO[C@H]1C[C@@H](CN2CCCC2)N(Cc2ncn(-c3ccccc3)n2)C1. The summed E-state index contributed by atoms with van der Waals surface area (Å²) < 4.78 is 7.50. The molecule has 6 heteroatoms. The Morgan fingerprint density at radius 3 is 2.72 bits per heavy atom. The highest BCUT2D eigenvalue weighted by Gasteiger charge is 2.34. The Kier molecular flexibility index (Phi) is 5.10. The third-order valence-electron chi connectivity index (χ3n) is 5.40. The molecule has 2 aliphatic heterocycles. The molecule has 0 spiro atoms. The minimum Gasteiger partial charge on any atom is -0.380 e. The van der Waals surface area contributed by atoms with E-state index >= 15 is 0 Å². The van der Waals surface area contributed by atoms with E-state index in [9.17, 15) is 0 Å². The molecule has 4 rings (SSSR count). The summed E-state index contributed by atoms with van der Waals surface area (Å²) in [6, 6.07) is 10.7. The first-order valence-electron chi connectivity index (χ1n) is 9.27. The second-order valence-corrected chi connectivity index (χ2v) is 7.13. The number of nitrogens with zero attached hydrogens (tertiary/aromatic N) is 5. The molecule has 0 unspecified atom stereocenters. The summed E-state index contributed by atoms with van der Waals surface area (Å²) in [6.45, 7) is 5.37. The van der Waals surface area contributed by atoms with Crippen molar-refractivity contribution < 1.29 is 4.74 Å². The third kappa shape index (κ3) is 3.92. The molecule has 1 aromatic carbocycles. The van der Waals surface area contributed by atoms with E-state index in [1.165, 1.54) is 25.9 Å². The van der Waals surface area contributed by atoms with Crippen LogP contribution in [0.1, 0.15) is 25.1 Å². The zero-order chi connectivity index (χ0) is 17.1. The number of rotatable bonds is 6. The van der Waals surface area contributed by atoms with Crippen molar-refractivity contribution in [3.63, 3.8) is 0 Å². The highest BCUT2D eigenvalue weighted by Crippen LogP contribution is 2.24. The van der Waals surface area contributed by atoms with Crippen molar-refractivity contribution in [1.82, 2.24) is 24.6 Å². The summed E-state index contributed by atoms with van der Waals surface area (Å²) in [6.07, 6.45) is 5.91. The molecule has 2 fully saturated rings. The van der Waals surface area contributed by atoms with E-state index in [4.69, 9.17) is 4.74 Å². The lowest BCUT2D eigenvalue weighted by molar-refractivity contribution is 0.107. The number of aromatic nitrogens is 3. The van der Waals surface area contributed by atoms with Gasteiger partial charge in [-0.3, -0.25) is 4.90 Å². The van der Waals surface area contributed by atoms with Gasteiger partial charge in [0.05, 0.1) is 18.3 Å². The maximum atomic E-state index is 5.64. The second-order valence-electron chi connectivity index (χ2n) is 7.13. The van der Waals surface area contributed by atoms with Crippen LogP contribution in [0, 0.1) is 0 Å². The van der Waals surface area contributed by atoms with Gasteiger partial charge in [-0.15, -0.1) is 5.10 Å². The minimum atomic E-state index is 0.323. The Morgan fingerprint density at radius 1 is 1.16 bits per heavy atom. The Morgan fingerprint density at radius 2 is 1.96 bits per heavy atom. The fraction of sp³-hybridized carbons (Fsp3) is 0.579. The maximum absolute atomic E-state index is 5.64. The summed E-state index contributed by atoms with van der Waals surface area (Å²) >= 11 is 0. The van der Waals surface area contributed by atoms with Crippen molar-refractivity contribution >= 4 is 0 Å². The Labute approximate surface area is 149 Å². The molecule has 2 saturated heterocycles. The zero-order valence-corrected chi connectivity index (χ0v) is 14.9. The van der Waals surface area contributed by atoms with Gasteiger partial charge in [0, 0.05) is 26.2 Å². The van der Waals surface area contributed by atoms with Gasteiger partial charge in [-0.25, -0.2) is 9.67 Å². The molecule has 2 aliphatic rings. The van der Waals surface area contributed by atoms with Crippen LogP contribution in [0.3, 0.4) is 0 Å². The van der Waals surface area contributed by atoms with Crippen LogP contribution in [-0.2, 0) is 11.3 Å². The first-order valence-corrected chi connectivity index (χ1v) is 9.27. The van der Waals surface area contributed by atoms with Gasteiger partial charge in [0.2, 0.25) is 0 Å². The summed E-state index contributed by atoms with van der Waals surface area (Å²) in [5, 5.41) is 4.67. The van der Waals surface area contributed by atoms with Gasteiger partial charge in [0.1, 0.15) is 6.33 Å². The largest absolute Gasteiger partial charge is 0.380 e. The number of hydrogen-bond donors (Lipinski definition) is 0. The number of ether oxygens (including phenoxy) is 1. The van der Waals surface area contributed by atoms with Crippen LogP contribution in [-0.4, -0.2) is 70.0 Å². The van der Waals surface area contributed by atoms with Crippen LogP contribution in [0.25, 0.3) is 5.69 Å². The molecule has 3 heterocycles. The molecule has 134 valence electrons. The predicted molar refractivity (Wildman–Crippen MR) is 96.6 cm³/mol. The van der Waals surface area contributed by atoms with Gasteiger partial charge in [-0.05, 0) is 44.5 Å². The van der Waals surface area contributed by atoms with Crippen LogP contribution in [0.15, 0.2) is 36.7 Å². The van der Waals surface area contributed by atoms with Crippen LogP contribution in [0.4, 0.5) is 0 Å². The first-order chi connectivity index (χ1) is 12.3. The Hall–Kier alpha value is -1.76. The van der Waals surface area contributed by atoms with Gasteiger partial charge < -0.3 is 9.64 Å². The van der Waals surface area contributed by atoms with Gasteiger partial charge in [0.25, 0.3) is 0 Å². The average molecular weight is 341 g/mol. The minimum absolute atomic E-state index is 0.323. The van der Waals surface area contributed by atoms with Crippen molar-refractivity contribution in [3.8, 4) is 5.69 Å². The van der Waals surface area contributed by atoms with Gasteiger partial charge in [-0.2, -0.15) is 0 Å². The fourth-order valence-corrected chi connectivity index (χ4v) is 4.01. The fourth-order valence-electron chi connectivity index (χ4n) is 4.01. The third-order valence-corrected chi connectivity index (χ3v) is 5.40. The van der Waals surface area contributed by atoms with Crippen molar-refractivity contribution in [3.05, 3.63) is 42.5 Å². The van der Waals surface area contributed by atoms with Crippen molar-refractivity contribution in [2.24, 2.45) is 0 Å². The van der Waals surface area contributed by atoms with E-state index in [1.54, 1.807) is 0 Å². The second kappa shape index (κ2) is 7.64. The van der Waals surface area contributed by atoms with Crippen molar-refractivity contribution in [2.75, 3.05) is 33.3 Å². The first kappa shape index (κ1) is 16.7. The van der Waals surface area contributed by atoms with E-state index in [1.807, 2.05) is 48.5 Å². The Bertz CT molecular complexity index is 667. The van der Waals surface area contributed by atoms with Gasteiger partial charge in [0.15, 0.2) is 5.82 Å². The summed E-state index contributed by atoms with van der Waals surface area (Å²) in [5.41, 5.74) is 1.05. The molecular weight excluding hydrogens is 314 g/mol. The van der Waals surface area contributed by atoms with Crippen LogP contribution >= 0.6 is 0 Å². The summed E-state index contributed by atoms with van der Waals surface area (Å²) in [7, 11) is 1.82. The molecule has 0 bridgehead atoms. The number of likely N-dealkylation sites (tertiary alicyclic amines) is 2. The van der Waals surface area contributed by atoms with Crippen LogP contribution < -0.4 is 0 Å². The standard InChI is InChI=1S/C19H27N5O/c1-25-18-11-17(12-22-9-5-6-10-22)23(13-18)14-19-20-15-24(21-19)16-7-3-2-4-8-16/h2-4,7-8,15,17-18H,5-6,9-14H2,1H3/t17-,18-/m0/s1. The molecule has 2 atom stereocenters. The molecular formula is C19H27N5O. The summed E-state index contributed by atoms with van der Waals surface area (Å²) in [5.74, 6) is 0.882. The maximum Gasteiger partial charge on any atom is 0.165 e. The van der Waals surface area contributed by atoms with Crippen molar-refractivity contribution in [1.29, 1.82) is 0 Å². The highest BCUT2D eigenvalue weighted by atomic mass is 16.5. The Balaban J connectivity index is 1.43. The van der Waals surface area contributed by atoms with E-state index in [0.29, 0.717) is 12.1 Å². The number of benzene rings is 1. The highest BCUT2D eigenvalue weighted by molar-refractivity contribution is 5.29. The predicted octanol–water partition coefficient (Wildman–Crippen LogP) is 1.95. The van der Waals surface area contributed by atoms with Crippen LogP contribution in [0.5, 0.6) is 0 Å². The molecule has 0 radical (unpaired) electrons. The lowest BCUT2D eigenvalue weighted by atomic mass is 10.2. The van der Waals surface area contributed by atoms with E-state index in [0.717, 1.165) is 37.6 Å². The lowest BCUT2D eigenvalue weighted by Crippen LogP contribution is -2.39. The smallest absolute Gasteiger partial charge is 0.165 e. The van der Waals surface area contributed by atoms with E-state index in [-0.39, 0.29) is 0 Å². The molecule has 6 nitrogen and oxygen atoms in total.